The number of hydrogen-bond donors (Lipinski definition) is 2. The summed E-state index contributed by atoms with van der Waals surface area (Å²) in [6, 6.07) is 8.23. The zero-order valence-corrected chi connectivity index (χ0v) is 10.0. The molecule has 1 saturated carbocycles. The van der Waals surface area contributed by atoms with Gasteiger partial charge in [0.25, 0.3) is 0 Å². The van der Waals surface area contributed by atoms with Crippen molar-refractivity contribution in [3.05, 3.63) is 35.4 Å². The fourth-order valence-corrected chi connectivity index (χ4v) is 2.32. The van der Waals surface area contributed by atoms with Crippen molar-refractivity contribution in [1.82, 2.24) is 5.32 Å². The van der Waals surface area contributed by atoms with Gasteiger partial charge in [-0.15, -0.1) is 6.42 Å². The molecule has 1 aromatic carbocycles. The lowest BCUT2D eigenvalue weighted by Gasteiger charge is -2.28. The van der Waals surface area contributed by atoms with E-state index in [2.05, 4.69) is 11.2 Å². The van der Waals surface area contributed by atoms with Gasteiger partial charge in [-0.3, -0.25) is 0 Å². The summed E-state index contributed by atoms with van der Waals surface area (Å²) in [5.74, 6) is 2.61. The first kappa shape index (κ1) is 12.2. The van der Waals surface area contributed by atoms with Crippen LogP contribution in [0, 0.1) is 12.3 Å². The Morgan fingerprint density at radius 3 is 2.59 bits per heavy atom. The van der Waals surface area contributed by atoms with Crippen molar-refractivity contribution in [2.75, 3.05) is 0 Å². The van der Waals surface area contributed by atoms with Gasteiger partial charge in [0, 0.05) is 18.2 Å². The summed E-state index contributed by atoms with van der Waals surface area (Å²) in [4.78, 5) is 0. The van der Waals surface area contributed by atoms with Crippen molar-refractivity contribution >= 4 is 0 Å². The van der Waals surface area contributed by atoms with E-state index < -0.39 is 0 Å². The van der Waals surface area contributed by atoms with E-state index in [0.29, 0.717) is 0 Å². The molecule has 2 atom stereocenters. The number of aliphatic hydroxyl groups is 1. The highest BCUT2D eigenvalue weighted by molar-refractivity contribution is 5.34. The minimum Gasteiger partial charge on any atom is -0.392 e. The number of rotatable bonds is 3. The summed E-state index contributed by atoms with van der Waals surface area (Å²) < 4.78 is 0. The highest BCUT2D eigenvalue weighted by Gasteiger charge is 2.21. The third-order valence-corrected chi connectivity index (χ3v) is 3.42. The SMILES string of the molecule is C#Cc1ccc(CN[C@@H]2CCCC[C@@H]2O)cc1. The maximum Gasteiger partial charge on any atom is 0.0693 e. The van der Waals surface area contributed by atoms with Crippen LogP contribution in [0.5, 0.6) is 0 Å². The molecule has 2 heteroatoms. The highest BCUT2D eigenvalue weighted by Crippen LogP contribution is 2.18. The predicted molar refractivity (Wildman–Crippen MR) is 69.5 cm³/mol. The zero-order chi connectivity index (χ0) is 12.1. The molecule has 90 valence electrons. The van der Waals surface area contributed by atoms with Gasteiger partial charge in [-0.2, -0.15) is 0 Å². The molecule has 1 aliphatic carbocycles. The Bertz CT molecular complexity index is 390. The van der Waals surface area contributed by atoms with Crippen molar-refractivity contribution in [3.8, 4) is 12.3 Å². The molecule has 0 radical (unpaired) electrons. The van der Waals surface area contributed by atoms with E-state index in [4.69, 9.17) is 6.42 Å². The van der Waals surface area contributed by atoms with Gasteiger partial charge >= 0.3 is 0 Å². The lowest BCUT2D eigenvalue weighted by Crippen LogP contribution is -2.41. The molecular formula is C15H19NO. The van der Waals surface area contributed by atoms with Crippen LogP contribution >= 0.6 is 0 Å². The molecule has 1 aromatic rings. The number of benzene rings is 1. The molecule has 0 aromatic heterocycles. The molecule has 17 heavy (non-hydrogen) atoms. The second-order valence-electron chi connectivity index (χ2n) is 4.68. The average molecular weight is 229 g/mol. The van der Waals surface area contributed by atoms with Gasteiger partial charge in [-0.25, -0.2) is 0 Å². The second-order valence-corrected chi connectivity index (χ2v) is 4.68. The van der Waals surface area contributed by atoms with Crippen molar-refractivity contribution in [3.63, 3.8) is 0 Å². The minimum absolute atomic E-state index is 0.186. The third kappa shape index (κ3) is 3.33. The molecule has 0 amide bonds. The number of hydrogen-bond acceptors (Lipinski definition) is 2. The maximum atomic E-state index is 9.84. The molecule has 0 heterocycles. The lowest BCUT2D eigenvalue weighted by atomic mass is 9.92. The highest BCUT2D eigenvalue weighted by atomic mass is 16.3. The topological polar surface area (TPSA) is 32.3 Å². The van der Waals surface area contributed by atoms with Crippen LogP contribution in [0.4, 0.5) is 0 Å². The van der Waals surface area contributed by atoms with E-state index in [1.54, 1.807) is 0 Å². The lowest BCUT2D eigenvalue weighted by molar-refractivity contribution is 0.0902. The summed E-state index contributed by atoms with van der Waals surface area (Å²) in [6.45, 7) is 0.798. The summed E-state index contributed by atoms with van der Waals surface area (Å²) >= 11 is 0. The van der Waals surface area contributed by atoms with Crippen LogP contribution in [-0.4, -0.2) is 17.3 Å². The van der Waals surface area contributed by atoms with Gasteiger partial charge in [0.15, 0.2) is 0 Å². The van der Waals surface area contributed by atoms with Gasteiger partial charge in [0.2, 0.25) is 0 Å². The summed E-state index contributed by atoms with van der Waals surface area (Å²) in [5.41, 5.74) is 2.12. The van der Waals surface area contributed by atoms with Crippen molar-refractivity contribution in [2.45, 2.75) is 44.4 Å². The van der Waals surface area contributed by atoms with Crippen molar-refractivity contribution in [1.29, 1.82) is 0 Å². The molecule has 0 unspecified atom stereocenters. The molecule has 2 N–H and O–H groups in total. The van der Waals surface area contributed by atoms with E-state index in [0.717, 1.165) is 31.4 Å². The summed E-state index contributed by atoms with van der Waals surface area (Å²) in [6.07, 6.45) is 9.48. The molecule has 2 rings (SSSR count). The fraction of sp³-hybridized carbons (Fsp3) is 0.467. The molecule has 1 aliphatic rings. The van der Waals surface area contributed by atoms with Gasteiger partial charge in [-0.05, 0) is 30.5 Å². The molecule has 2 nitrogen and oxygen atoms in total. The first-order valence-corrected chi connectivity index (χ1v) is 6.26. The van der Waals surface area contributed by atoms with Crippen LogP contribution in [0.1, 0.15) is 36.8 Å². The quantitative estimate of drug-likeness (QED) is 0.778. The first-order chi connectivity index (χ1) is 8.29. The summed E-state index contributed by atoms with van der Waals surface area (Å²) in [7, 11) is 0. The van der Waals surface area contributed by atoms with E-state index in [1.165, 1.54) is 12.0 Å². The minimum atomic E-state index is -0.186. The zero-order valence-electron chi connectivity index (χ0n) is 10.0. The number of aliphatic hydroxyl groups excluding tert-OH is 1. The number of terminal acetylenes is 1. The Kier molecular flexibility index (Phi) is 4.19. The number of nitrogens with one attached hydrogen (secondary N) is 1. The third-order valence-electron chi connectivity index (χ3n) is 3.42. The van der Waals surface area contributed by atoms with Gasteiger partial charge < -0.3 is 10.4 Å². The Hall–Kier alpha value is -1.30. The first-order valence-electron chi connectivity index (χ1n) is 6.26. The normalized spacial score (nSPS) is 24.2. The van der Waals surface area contributed by atoms with E-state index in [-0.39, 0.29) is 12.1 Å². The van der Waals surface area contributed by atoms with Gasteiger partial charge in [0.1, 0.15) is 0 Å². The Labute approximate surface area is 103 Å². The second kappa shape index (κ2) is 5.86. The standard InChI is InChI=1S/C15H19NO/c1-2-12-7-9-13(10-8-12)11-16-14-5-3-4-6-15(14)17/h1,7-10,14-17H,3-6,11H2/t14-,15+/m1/s1. The van der Waals surface area contributed by atoms with Crippen LogP contribution in [0.3, 0.4) is 0 Å². The van der Waals surface area contributed by atoms with Crippen molar-refractivity contribution < 1.29 is 5.11 Å². The Morgan fingerprint density at radius 1 is 1.24 bits per heavy atom. The summed E-state index contributed by atoms with van der Waals surface area (Å²) in [5, 5.41) is 13.3. The predicted octanol–water partition coefficient (Wildman–Crippen LogP) is 2.06. The molecule has 0 aliphatic heterocycles. The van der Waals surface area contributed by atoms with Crippen molar-refractivity contribution in [2.24, 2.45) is 0 Å². The molecule has 0 spiro atoms. The average Bonchev–Trinajstić information content (AvgIpc) is 2.38. The molecule has 1 fully saturated rings. The van der Waals surface area contributed by atoms with E-state index in [9.17, 15) is 5.11 Å². The van der Waals surface area contributed by atoms with Crippen LogP contribution < -0.4 is 5.32 Å². The van der Waals surface area contributed by atoms with Gasteiger partial charge in [0.05, 0.1) is 6.10 Å². The monoisotopic (exact) mass is 229 g/mol. The fourth-order valence-electron chi connectivity index (χ4n) is 2.32. The largest absolute Gasteiger partial charge is 0.392 e. The van der Waals surface area contributed by atoms with Crippen LogP contribution in [0.15, 0.2) is 24.3 Å². The Balaban J connectivity index is 1.86. The van der Waals surface area contributed by atoms with Crippen LogP contribution in [-0.2, 0) is 6.54 Å². The Morgan fingerprint density at radius 2 is 1.94 bits per heavy atom. The molecular weight excluding hydrogens is 210 g/mol. The van der Waals surface area contributed by atoms with Gasteiger partial charge in [-0.1, -0.05) is 30.9 Å². The maximum absolute atomic E-state index is 9.84. The van der Waals surface area contributed by atoms with Crippen LogP contribution in [0.2, 0.25) is 0 Å². The molecule has 0 bridgehead atoms. The smallest absolute Gasteiger partial charge is 0.0693 e. The molecule has 0 saturated heterocycles. The van der Waals surface area contributed by atoms with E-state index >= 15 is 0 Å². The van der Waals surface area contributed by atoms with E-state index in [1.807, 2.05) is 24.3 Å². The van der Waals surface area contributed by atoms with Crippen LogP contribution in [0.25, 0.3) is 0 Å².